The summed E-state index contributed by atoms with van der Waals surface area (Å²) in [6, 6.07) is 4.46. The third kappa shape index (κ3) is 6.36. The maximum Gasteiger partial charge on any atom is 0.433 e. The van der Waals surface area contributed by atoms with E-state index in [4.69, 9.17) is 0 Å². The summed E-state index contributed by atoms with van der Waals surface area (Å²) in [5, 5.41) is 7.50. The zero-order valence-electron chi connectivity index (χ0n) is 27.2. The van der Waals surface area contributed by atoms with Gasteiger partial charge in [-0.1, -0.05) is 13.0 Å². The SMILES string of the molecule is C=N/C(=N\C=C(/C)c1cc(C)c2c(c1)c(C(C)=O)nn2CC(=O)N1C2C[C@]2(C)C[C@H]1C(=O)Nc1nc(C(F)(F)F)ccc1C)C(=O)OC. The van der Waals surface area contributed by atoms with Crippen LogP contribution in [0.25, 0.3) is 16.5 Å². The minimum atomic E-state index is -4.69. The minimum Gasteiger partial charge on any atom is -0.463 e. The summed E-state index contributed by atoms with van der Waals surface area (Å²) in [5.41, 5.74) is 1.58. The molecule has 1 aromatic carbocycles. The Morgan fingerprint density at radius 1 is 1.15 bits per heavy atom. The number of carbonyl (C=O) groups is 4. The zero-order valence-corrected chi connectivity index (χ0v) is 27.2. The number of Topliss-reactive ketones (excluding diaryl/α,β-unsaturated/α-hetero) is 1. The maximum absolute atomic E-state index is 13.9. The quantitative estimate of drug-likeness (QED) is 0.163. The molecule has 252 valence electrons. The highest BCUT2D eigenvalue weighted by Crippen LogP contribution is 2.59. The number of carbonyl (C=O) groups excluding carboxylic acids is 4. The fraction of sp³-hybridized carbons (Fsp3) is 0.394. The predicted molar refractivity (Wildman–Crippen MR) is 171 cm³/mol. The molecule has 3 heterocycles. The molecule has 1 saturated heterocycles. The van der Waals surface area contributed by atoms with Crippen molar-refractivity contribution in [3.05, 3.63) is 58.5 Å². The lowest BCUT2D eigenvalue weighted by molar-refractivity contribution is -0.141. The first-order chi connectivity index (χ1) is 22.5. The molecule has 2 fully saturated rings. The van der Waals surface area contributed by atoms with Crippen LogP contribution < -0.4 is 5.32 Å². The number of piperidine rings is 1. The van der Waals surface area contributed by atoms with Crippen LogP contribution >= 0.6 is 0 Å². The first-order valence-corrected chi connectivity index (χ1v) is 15.0. The second-order valence-corrected chi connectivity index (χ2v) is 12.4. The number of pyridine rings is 1. The summed E-state index contributed by atoms with van der Waals surface area (Å²) < 4.78 is 46.0. The van der Waals surface area contributed by atoms with E-state index in [1.165, 1.54) is 42.8 Å². The fourth-order valence-corrected chi connectivity index (χ4v) is 6.19. The average molecular weight is 666 g/mol. The second kappa shape index (κ2) is 12.4. The third-order valence-corrected chi connectivity index (χ3v) is 8.86. The highest BCUT2D eigenvalue weighted by molar-refractivity contribution is 6.36. The summed E-state index contributed by atoms with van der Waals surface area (Å²) in [7, 11) is 1.20. The number of ether oxygens (including phenoxy) is 1. The first kappa shape index (κ1) is 34.1. The lowest BCUT2D eigenvalue weighted by atomic mass is 10.0. The molecule has 0 bridgehead atoms. The average Bonchev–Trinajstić information content (AvgIpc) is 3.37. The van der Waals surface area contributed by atoms with E-state index in [1.807, 2.05) is 13.0 Å². The van der Waals surface area contributed by atoms with Crippen molar-refractivity contribution >= 4 is 58.4 Å². The molecule has 48 heavy (non-hydrogen) atoms. The number of amidine groups is 1. The van der Waals surface area contributed by atoms with Crippen molar-refractivity contribution < 1.29 is 37.1 Å². The smallest absolute Gasteiger partial charge is 0.433 e. The van der Waals surface area contributed by atoms with E-state index in [0.717, 1.165) is 6.07 Å². The number of aliphatic imine (C=N–C) groups is 2. The van der Waals surface area contributed by atoms with Gasteiger partial charge in [-0.25, -0.2) is 19.8 Å². The highest BCUT2D eigenvalue weighted by atomic mass is 19.4. The molecule has 0 spiro atoms. The number of aryl methyl sites for hydroxylation is 2. The van der Waals surface area contributed by atoms with Gasteiger partial charge in [0.25, 0.3) is 0 Å². The molecule has 15 heteroatoms. The van der Waals surface area contributed by atoms with E-state index >= 15 is 0 Å². The van der Waals surface area contributed by atoms with Gasteiger partial charge in [0.05, 0.1) is 12.6 Å². The monoisotopic (exact) mass is 665 g/mol. The van der Waals surface area contributed by atoms with Gasteiger partial charge in [-0.2, -0.15) is 18.3 Å². The van der Waals surface area contributed by atoms with Crippen molar-refractivity contribution in [3.8, 4) is 0 Å². The van der Waals surface area contributed by atoms with Crippen molar-refractivity contribution in [1.82, 2.24) is 19.7 Å². The summed E-state index contributed by atoms with van der Waals surface area (Å²) in [6.45, 7) is 11.5. The van der Waals surface area contributed by atoms with E-state index in [9.17, 15) is 32.3 Å². The van der Waals surface area contributed by atoms with Gasteiger partial charge in [0.1, 0.15) is 29.8 Å². The normalized spacial score (nSPS) is 20.8. The van der Waals surface area contributed by atoms with Crippen LogP contribution in [0.5, 0.6) is 0 Å². The molecule has 3 aromatic rings. The molecule has 1 aliphatic carbocycles. The second-order valence-electron chi connectivity index (χ2n) is 12.4. The van der Waals surface area contributed by atoms with Gasteiger partial charge in [0.2, 0.25) is 17.6 Å². The fourth-order valence-electron chi connectivity index (χ4n) is 6.19. The largest absolute Gasteiger partial charge is 0.463 e. The van der Waals surface area contributed by atoms with Gasteiger partial charge < -0.3 is 15.0 Å². The molecule has 2 aromatic heterocycles. The highest BCUT2D eigenvalue weighted by Gasteiger charge is 2.64. The Kier molecular flexibility index (Phi) is 8.84. The van der Waals surface area contributed by atoms with Crippen molar-refractivity contribution in [2.45, 2.75) is 72.3 Å². The summed E-state index contributed by atoms with van der Waals surface area (Å²) in [5.74, 6) is -2.58. The van der Waals surface area contributed by atoms with E-state index in [-0.39, 0.29) is 41.1 Å². The van der Waals surface area contributed by atoms with Crippen LogP contribution in [-0.2, 0) is 31.8 Å². The minimum absolute atomic E-state index is 0.139. The van der Waals surface area contributed by atoms with Gasteiger partial charge in [-0.05, 0) is 86.2 Å². The number of rotatable bonds is 7. The third-order valence-electron chi connectivity index (χ3n) is 8.86. The molecule has 3 atom stereocenters. The van der Waals surface area contributed by atoms with Gasteiger partial charge in [-0.15, -0.1) is 0 Å². The van der Waals surface area contributed by atoms with E-state index in [1.54, 1.807) is 19.9 Å². The number of benzene rings is 1. The van der Waals surface area contributed by atoms with Crippen molar-refractivity contribution in [1.29, 1.82) is 0 Å². The van der Waals surface area contributed by atoms with Gasteiger partial charge in [-0.3, -0.25) is 19.1 Å². The molecule has 1 aliphatic heterocycles. The van der Waals surface area contributed by atoms with Gasteiger partial charge in [0.15, 0.2) is 5.78 Å². The lowest BCUT2D eigenvalue weighted by Gasteiger charge is -2.27. The Bertz CT molecular complexity index is 1950. The molecule has 0 radical (unpaired) electrons. The number of nitrogens with one attached hydrogen (secondary N) is 1. The number of halogens is 3. The van der Waals surface area contributed by atoms with Crippen molar-refractivity contribution in [3.63, 3.8) is 0 Å². The van der Waals surface area contributed by atoms with Crippen molar-refractivity contribution in [2.24, 2.45) is 15.4 Å². The van der Waals surface area contributed by atoms with Crippen LogP contribution in [0.3, 0.4) is 0 Å². The first-order valence-electron chi connectivity index (χ1n) is 15.0. The number of fused-ring (bicyclic) bond motifs is 2. The van der Waals surface area contributed by atoms with Crippen LogP contribution in [0.1, 0.15) is 66.5 Å². The van der Waals surface area contributed by atoms with Crippen LogP contribution in [0.15, 0.2) is 40.5 Å². The Morgan fingerprint density at radius 3 is 2.48 bits per heavy atom. The Labute approximate surface area is 273 Å². The molecule has 1 N–H and O–H groups in total. The number of allylic oxidation sites excluding steroid dienone is 1. The predicted octanol–water partition coefficient (Wildman–Crippen LogP) is 4.92. The van der Waals surface area contributed by atoms with E-state index in [2.05, 4.69) is 36.8 Å². The molecular formula is C33H34F3N7O5. The lowest BCUT2D eigenvalue weighted by Crippen LogP contribution is -2.47. The number of ketones is 1. The number of hydrogen-bond acceptors (Lipinski definition) is 8. The molecule has 1 unspecified atom stereocenters. The number of amides is 2. The molecular weight excluding hydrogens is 631 g/mol. The van der Waals surface area contributed by atoms with Crippen LogP contribution in [0, 0.1) is 19.3 Å². The number of nitrogens with zero attached hydrogens (tertiary/aromatic N) is 6. The van der Waals surface area contributed by atoms with E-state index < -0.39 is 35.7 Å². The topological polar surface area (TPSA) is 148 Å². The number of aromatic nitrogens is 3. The molecule has 2 aliphatic rings. The summed E-state index contributed by atoms with van der Waals surface area (Å²) >= 11 is 0. The van der Waals surface area contributed by atoms with Crippen LogP contribution in [0.4, 0.5) is 19.0 Å². The number of esters is 1. The summed E-state index contributed by atoms with van der Waals surface area (Å²) in [6.07, 6.45) is -2.26. The maximum atomic E-state index is 13.9. The van der Waals surface area contributed by atoms with Crippen molar-refractivity contribution in [2.75, 3.05) is 12.4 Å². The number of likely N-dealkylation sites (tertiary alicyclic amines) is 1. The Balaban J connectivity index is 1.45. The van der Waals surface area contributed by atoms with Crippen LogP contribution in [-0.4, -0.2) is 75.0 Å². The number of methoxy groups -OCH3 is 1. The summed E-state index contributed by atoms with van der Waals surface area (Å²) in [4.78, 5) is 64.7. The number of anilines is 1. The van der Waals surface area contributed by atoms with Gasteiger partial charge >= 0.3 is 12.1 Å². The molecule has 1 saturated carbocycles. The van der Waals surface area contributed by atoms with E-state index in [0.29, 0.717) is 46.0 Å². The Hall–Kier alpha value is -5.21. The van der Waals surface area contributed by atoms with Gasteiger partial charge in [0, 0.05) is 24.6 Å². The molecule has 12 nitrogen and oxygen atoms in total. The number of hydrogen-bond donors (Lipinski definition) is 1. The number of alkyl halides is 3. The molecule has 5 rings (SSSR count). The Morgan fingerprint density at radius 2 is 1.85 bits per heavy atom. The standard InChI is InChI=1S/C33H34F3N7O5/c1-16-8-9-23(33(34,35)36)39-28(16)40-30(46)22-12-32(5)13-24(32)43(22)25(45)15-42-27-17(2)10-20(11-21(27)26(41-42)19(4)44)18(3)14-38-29(37-6)31(47)48-7/h8-11,14,22,24H,6,12-13,15H2,1-5,7H3,(H,39,40,46)/b18-14+,38-29-/t22-,24?,32-/m0/s1. The zero-order chi connectivity index (χ0) is 35.3. The van der Waals surface area contributed by atoms with Crippen LogP contribution in [0.2, 0.25) is 0 Å². The molecule has 2 amide bonds.